The average Bonchev–Trinajstić information content (AvgIpc) is 2.40. The summed E-state index contributed by atoms with van der Waals surface area (Å²) in [6, 6.07) is 0. The van der Waals surface area contributed by atoms with Crippen molar-refractivity contribution in [1.29, 1.82) is 0 Å². The van der Waals surface area contributed by atoms with Gasteiger partial charge in [0.25, 0.3) is 0 Å². The lowest BCUT2D eigenvalue weighted by atomic mass is 9.87. The molecule has 4 unspecified atom stereocenters. The highest BCUT2D eigenvalue weighted by Gasteiger charge is 2.48. The Balaban J connectivity index is 2.80. The summed E-state index contributed by atoms with van der Waals surface area (Å²) in [5.74, 6) is 0. The first kappa shape index (κ1) is 22.4. The molecule has 0 aromatic carbocycles. The molecule has 0 bridgehead atoms. The molecule has 0 nitrogen and oxygen atoms in total. The fraction of sp³-hybridized carbons (Fsp3) is 0.727. The molecule has 0 aromatic heterocycles. The molecule has 4 atom stereocenters. The highest BCUT2D eigenvalue weighted by atomic mass is 28.3. The minimum Gasteiger partial charge on any atom is -0.0838 e. The van der Waals surface area contributed by atoms with Crippen molar-refractivity contribution < 1.29 is 0 Å². The molecular weight excluding hydrogens is 377 g/mol. The lowest BCUT2D eigenvalue weighted by Crippen LogP contribution is -2.44. The smallest absolute Gasteiger partial charge is 0.0561 e. The van der Waals surface area contributed by atoms with E-state index in [2.05, 4.69) is 103 Å². The molecule has 148 valence electrons. The maximum Gasteiger partial charge on any atom is 0.0561 e. The number of hydrogen-bond acceptors (Lipinski definition) is 0. The van der Waals surface area contributed by atoms with Crippen molar-refractivity contribution in [2.75, 3.05) is 0 Å². The minimum absolute atomic E-state index is 0.741. The Morgan fingerprint density at radius 1 is 0.385 bits per heavy atom. The number of hydrogen-bond donors (Lipinski definition) is 0. The Kier molecular flexibility index (Phi) is 5.90. The molecule has 0 fully saturated rings. The molecule has 0 radical (unpaired) electrons. The maximum absolute atomic E-state index is 2.68. The predicted octanol–water partition coefficient (Wildman–Crippen LogP) is 8.26. The summed E-state index contributed by atoms with van der Waals surface area (Å²) >= 11 is 0. The second kappa shape index (κ2) is 6.85. The van der Waals surface area contributed by atoms with Crippen LogP contribution in [0.3, 0.4) is 0 Å². The first-order valence-electron chi connectivity index (χ1n) is 10.6. The van der Waals surface area contributed by atoms with Crippen molar-refractivity contribution in [3.8, 4) is 0 Å². The summed E-state index contributed by atoms with van der Waals surface area (Å²) in [6.07, 6.45) is 10.7. The summed E-state index contributed by atoms with van der Waals surface area (Å²) in [6.45, 7) is 31.1. The quantitative estimate of drug-likeness (QED) is 0.317. The van der Waals surface area contributed by atoms with Crippen LogP contribution >= 0.6 is 0 Å². The fourth-order valence-electron chi connectivity index (χ4n) is 4.98. The number of rotatable bonds is 4. The SMILES string of the molecule is C[Si](C)(C)C1C=CC([Si](C)(C)C)C2=C1C([Si](C)(C)C)C=CC2[Si](C)(C)C. The largest absolute Gasteiger partial charge is 0.0838 e. The summed E-state index contributed by atoms with van der Waals surface area (Å²) in [7, 11) is -5.15. The van der Waals surface area contributed by atoms with E-state index in [1.54, 1.807) is 0 Å². The first-order valence-corrected chi connectivity index (χ1v) is 24.9. The van der Waals surface area contributed by atoms with Crippen molar-refractivity contribution in [2.24, 2.45) is 0 Å². The van der Waals surface area contributed by atoms with Crippen molar-refractivity contribution in [3.63, 3.8) is 0 Å². The molecule has 0 saturated carbocycles. The fourth-order valence-corrected chi connectivity index (χ4v) is 13.2. The summed E-state index contributed by atoms with van der Waals surface area (Å²) < 4.78 is 0. The highest BCUT2D eigenvalue weighted by Crippen LogP contribution is 2.58. The van der Waals surface area contributed by atoms with Gasteiger partial charge >= 0.3 is 0 Å². The van der Waals surface area contributed by atoms with Crippen LogP contribution in [0.15, 0.2) is 35.5 Å². The van der Waals surface area contributed by atoms with Gasteiger partial charge in [-0.1, -0.05) is 114 Å². The molecule has 0 aromatic rings. The molecule has 0 saturated heterocycles. The van der Waals surface area contributed by atoms with Gasteiger partial charge in [-0.15, -0.1) is 0 Å². The van der Waals surface area contributed by atoms with Crippen LogP contribution in [0.5, 0.6) is 0 Å². The minimum atomic E-state index is -1.29. The third-order valence-electron chi connectivity index (χ3n) is 6.40. The summed E-state index contributed by atoms with van der Waals surface area (Å²) in [5.41, 5.74) is 6.81. The highest BCUT2D eigenvalue weighted by molar-refractivity contribution is 6.83. The van der Waals surface area contributed by atoms with Crippen LogP contribution in [0, 0.1) is 0 Å². The zero-order valence-electron chi connectivity index (χ0n) is 19.6. The van der Waals surface area contributed by atoms with E-state index < -0.39 is 32.3 Å². The third-order valence-corrected chi connectivity index (χ3v) is 15.9. The van der Waals surface area contributed by atoms with E-state index in [9.17, 15) is 0 Å². The lowest BCUT2D eigenvalue weighted by Gasteiger charge is -2.50. The maximum atomic E-state index is 2.68. The topological polar surface area (TPSA) is 0 Å². The van der Waals surface area contributed by atoms with E-state index >= 15 is 0 Å². The summed E-state index contributed by atoms with van der Waals surface area (Å²) in [4.78, 5) is 0. The zero-order valence-corrected chi connectivity index (χ0v) is 23.6. The van der Waals surface area contributed by atoms with Crippen LogP contribution in [0.1, 0.15) is 0 Å². The molecule has 0 spiro atoms. The molecule has 0 N–H and O–H groups in total. The van der Waals surface area contributed by atoms with Gasteiger partial charge in [0.2, 0.25) is 0 Å². The lowest BCUT2D eigenvalue weighted by molar-refractivity contribution is 0.853. The van der Waals surface area contributed by atoms with Gasteiger partial charge in [-0.25, -0.2) is 0 Å². The van der Waals surface area contributed by atoms with Crippen LogP contribution in [0.2, 0.25) is 101 Å². The van der Waals surface area contributed by atoms with Gasteiger partial charge in [-0.05, 0) is 22.2 Å². The van der Waals surface area contributed by atoms with Crippen molar-refractivity contribution in [3.05, 3.63) is 35.5 Å². The van der Waals surface area contributed by atoms with Crippen LogP contribution in [0.4, 0.5) is 0 Å². The molecule has 2 rings (SSSR count). The van der Waals surface area contributed by atoms with Crippen LogP contribution in [-0.4, -0.2) is 32.3 Å². The average molecular weight is 421 g/mol. The second-order valence-corrected chi connectivity index (χ2v) is 34.5. The van der Waals surface area contributed by atoms with Crippen molar-refractivity contribution >= 4 is 32.3 Å². The molecule has 2 aliphatic carbocycles. The first-order chi connectivity index (χ1) is 11.5. The van der Waals surface area contributed by atoms with Crippen molar-refractivity contribution in [1.82, 2.24) is 0 Å². The van der Waals surface area contributed by atoms with Crippen LogP contribution < -0.4 is 0 Å². The molecule has 0 heterocycles. The van der Waals surface area contributed by atoms with Gasteiger partial charge in [0.05, 0.1) is 32.3 Å². The monoisotopic (exact) mass is 420 g/mol. The Labute approximate surface area is 168 Å². The van der Waals surface area contributed by atoms with Gasteiger partial charge in [-0.3, -0.25) is 0 Å². The van der Waals surface area contributed by atoms with E-state index in [0.717, 1.165) is 22.2 Å². The van der Waals surface area contributed by atoms with E-state index in [-0.39, 0.29) is 0 Å². The zero-order chi connectivity index (χ0) is 20.3. The van der Waals surface area contributed by atoms with E-state index in [1.807, 2.05) is 11.1 Å². The van der Waals surface area contributed by atoms with E-state index in [4.69, 9.17) is 0 Å². The summed E-state index contributed by atoms with van der Waals surface area (Å²) in [5, 5.41) is 0. The Morgan fingerprint density at radius 3 is 0.654 bits per heavy atom. The molecule has 26 heavy (non-hydrogen) atoms. The number of allylic oxidation sites excluding steroid dienone is 6. The van der Waals surface area contributed by atoms with Gasteiger partial charge in [0, 0.05) is 0 Å². The molecule has 0 amide bonds. The Morgan fingerprint density at radius 2 is 0.538 bits per heavy atom. The van der Waals surface area contributed by atoms with Crippen LogP contribution in [0.25, 0.3) is 0 Å². The standard InChI is InChI=1S/C22H44Si4/c1-23(2,3)17-13-14-19(25(7,8)9)22-20(26(10,11)12)16-15-18(21(17)22)24(4,5)6/h13-20H,1-12H3. The third kappa shape index (κ3) is 4.39. The Hall–Kier alpha value is 0.0875. The van der Waals surface area contributed by atoms with Gasteiger partial charge in [-0.2, -0.15) is 0 Å². The van der Waals surface area contributed by atoms with E-state index in [0.29, 0.717) is 0 Å². The molecule has 0 aliphatic heterocycles. The predicted molar refractivity (Wildman–Crippen MR) is 134 cm³/mol. The normalized spacial score (nSPS) is 30.6. The van der Waals surface area contributed by atoms with E-state index in [1.165, 1.54) is 0 Å². The second-order valence-electron chi connectivity index (χ2n) is 13.1. The Bertz CT molecular complexity index is 519. The van der Waals surface area contributed by atoms with Gasteiger partial charge in [0.15, 0.2) is 0 Å². The van der Waals surface area contributed by atoms with Gasteiger partial charge in [0.1, 0.15) is 0 Å². The molecular formula is C22H44Si4. The van der Waals surface area contributed by atoms with Crippen LogP contribution in [-0.2, 0) is 0 Å². The molecule has 2 aliphatic rings. The van der Waals surface area contributed by atoms with Gasteiger partial charge < -0.3 is 0 Å². The van der Waals surface area contributed by atoms with Crippen molar-refractivity contribution in [2.45, 2.75) is 101 Å². The molecule has 4 heteroatoms.